The van der Waals surface area contributed by atoms with Crippen LogP contribution in [0.5, 0.6) is 0 Å². The van der Waals surface area contributed by atoms with Crippen molar-refractivity contribution >= 4 is 23.3 Å². The van der Waals surface area contributed by atoms with Gasteiger partial charge in [0.2, 0.25) is 5.91 Å². The maximum atomic E-state index is 12.5. The number of carbonyl (C=O) groups is 2. The van der Waals surface area contributed by atoms with Crippen molar-refractivity contribution in [1.82, 2.24) is 4.90 Å². The number of nitrogens with zero attached hydrogens (tertiary/aromatic N) is 1. The minimum absolute atomic E-state index is 0.0208. The molecule has 0 saturated heterocycles. The summed E-state index contributed by atoms with van der Waals surface area (Å²) in [5, 5.41) is 5.83. The van der Waals surface area contributed by atoms with Crippen LogP contribution in [-0.4, -0.2) is 23.4 Å². The SMILES string of the molecule is CC(C)CCC(=O)Nc1ccc(NC(=O)N2CCc3ccccc3C2)cc1. The second-order valence-corrected chi connectivity index (χ2v) is 7.43. The van der Waals surface area contributed by atoms with Crippen LogP contribution >= 0.6 is 0 Å². The van der Waals surface area contributed by atoms with Gasteiger partial charge in [-0.1, -0.05) is 38.1 Å². The van der Waals surface area contributed by atoms with Gasteiger partial charge in [-0.3, -0.25) is 4.79 Å². The predicted molar refractivity (Wildman–Crippen MR) is 109 cm³/mol. The molecule has 2 aromatic rings. The number of amides is 3. The Kier molecular flexibility index (Phi) is 6.12. The van der Waals surface area contributed by atoms with Crippen molar-refractivity contribution in [3.8, 4) is 0 Å². The first-order chi connectivity index (χ1) is 13.0. The molecule has 0 aromatic heterocycles. The van der Waals surface area contributed by atoms with Crippen molar-refractivity contribution in [1.29, 1.82) is 0 Å². The van der Waals surface area contributed by atoms with E-state index in [0.717, 1.165) is 24.2 Å². The lowest BCUT2D eigenvalue weighted by atomic mass is 10.0. The molecule has 5 nitrogen and oxygen atoms in total. The van der Waals surface area contributed by atoms with E-state index in [0.29, 0.717) is 25.4 Å². The Bertz CT molecular complexity index is 799. The standard InChI is InChI=1S/C22H27N3O2/c1-16(2)7-12-21(26)23-19-8-10-20(11-9-19)24-22(27)25-14-13-17-5-3-4-6-18(17)15-25/h3-6,8-11,16H,7,12-15H2,1-2H3,(H,23,26)(H,24,27). The fourth-order valence-electron chi connectivity index (χ4n) is 3.15. The van der Waals surface area contributed by atoms with E-state index in [9.17, 15) is 9.59 Å². The monoisotopic (exact) mass is 365 g/mol. The number of fused-ring (bicyclic) bond motifs is 1. The van der Waals surface area contributed by atoms with Gasteiger partial charge in [0.25, 0.3) is 0 Å². The number of carbonyl (C=O) groups excluding carboxylic acids is 2. The van der Waals surface area contributed by atoms with Crippen molar-refractivity contribution in [2.45, 2.75) is 39.7 Å². The zero-order chi connectivity index (χ0) is 19.2. The lowest BCUT2D eigenvalue weighted by Gasteiger charge is -2.29. The van der Waals surface area contributed by atoms with Gasteiger partial charge in [0.1, 0.15) is 0 Å². The van der Waals surface area contributed by atoms with Crippen molar-refractivity contribution in [2.24, 2.45) is 5.92 Å². The molecule has 0 saturated carbocycles. The second kappa shape index (κ2) is 8.71. The molecule has 27 heavy (non-hydrogen) atoms. The Morgan fingerprint density at radius 1 is 0.963 bits per heavy atom. The van der Waals surface area contributed by atoms with Gasteiger partial charge in [-0.15, -0.1) is 0 Å². The summed E-state index contributed by atoms with van der Waals surface area (Å²) in [6, 6.07) is 15.4. The summed E-state index contributed by atoms with van der Waals surface area (Å²) in [4.78, 5) is 26.3. The highest BCUT2D eigenvalue weighted by atomic mass is 16.2. The van der Waals surface area contributed by atoms with Crippen molar-refractivity contribution in [3.05, 3.63) is 59.7 Å². The van der Waals surface area contributed by atoms with E-state index in [-0.39, 0.29) is 11.9 Å². The molecule has 142 valence electrons. The average molecular weight is 365 g/mol. The van der Waals surface area contributed by atoms with E-state index in [1.54, 1.807) is 0 Å². The normalized spacial score (nSPS) is 13.2. The lowest BCUT2D eigenvalue weighted by Crippen LogP contribution is -2.38. The summed E-state index contributed by atoms with van der Waals surface area (Å²) in [5.41, 5.74) is 3.99. The number of nitrogens with one attached hydrogen (secondary N) is 2. The number of anilines is 2. The molecule has 0 unspecified atom stereocenters. The van der Waals surface area contributed by atoms with E-state index in [2.05, 4.69) is 36.6 Å². The maximum Gasteiger partial charge on any atom is 0.322 e. The van der Waals surface area contributed by atoms with Gasteiger partial charge >= 0.3 is 6.03 Å². The molecule has 0 radical (unpaired) electrons. The smallest absolute Gasteiger partial charge is 0.322 e. The molecule has 2 N–H and O–H groups in total. The number of benzene rings is 2. The first-order valence-electron chi connectivity index (χ1n) is 9.54. The minimum atomic E-state index is -0.0989. The van der Waals surface area contributed by atoms with Crippen LogP contribution in [0.2, 0.25) is 0 Å². The van der Waals surface area contributed by atoms with E-state index in [1.807, 2.05) is 41.3 Å². The van der Waals surface area contributed by atoms with Crippen molar-refractivity contribution in [3.63, 3.8) is 0 Å². The highest BCUT2D eigenvalue weighted by molar-refractivity contribution is 5.92. The highest BCUT2D eigenvalue weighted by Gasteiger charge is 2.20. The zero-order valence-corrected chi connectivity index (χ0v) is 16.0. The van der Waals surface area contributed by atoms with Crippen LogP contribution in [0.3, 0.4) is 0 Å². The summed E-state index contributed by atoms with van der Waals surface area (Å²) in [6.07, 6.45) is 2.27. The van der Waals surface area contributed by atoms with Crippen LogP contribution in [-0.2, 0) is 17.8 Å². The van der Waals surface area contributed by atoms with Gasteiger partial charge in [-0.2, -0.15) is 0 Å². The van der Waals surface area contributed by atoms with Crippen LogP contribution < -0.4 is 10.6 Å². The zero-order valence-electron chi connectivity index (χ0n) is 16.0. The van der Waals surface area contributed by atoms with Crippen molar-refractivity contribution < 1.29 is 9.59 Å². The topological polar surface area (TPSA) is 61.4 Å². The number of rotatable bonds is 5. The molecule has 1 heterocycles. The maximum absolute atomic E-state index is 12.5. The van der Waals surface area contributed by atoms with E-state index in [4.69, 9.17) is 0 Å². The lowest BCUT2D eigenvalue weighted by molar-refractivity contribution is -0.116. The number of hydrogen-bond acceptors (Lipinski definition) is 2. The predicted octanol–water partition coefficient (Wildman–Crippen LogP) is 4.65. The van der Waals surface area contributed by atoms with E-state index >= 15 is 0 Å². The summed E-state index contributed by atoms with van der Waals surface area (Å²) in [5.74, 6) is 0.530. The summed E-state index contributed by atoms with van der Waals surface area (Å²) >= 11 is 0. The third-order valence-corrected chi connectivity index (χ3v) is 4.79. The first kappa shape index (κ1) is 19.0. The summed E-state index contributed by atoms with van der Waals surface area (Å²) < 4.78 is 0. The fraction of sp³-hybridized carbons (Fsp3) is 0.364. The minimum Gasteiger partial charge on any atom is -0.326 e. The molecular formula is C22H27N3O2. The summed E-state index contributed by atoms with van der Waals surface area (Å²) in [6.45, 7) is 5.55. The third kappa shape index (κ3) is 5.33. The van der Waals surface area contributed by atoms with E-state index in [1.165, 1.54) is 11.1 Å². The van der Waals surface area contributed by atoms with Crippen LogP contribution in [0.1, 0.15) is 37.8 Å². The largest absolute Gasteiger partial charge is 0.326 e. The Hall–Kier alpha value is -2.82. The van der Waals surface area contributed by atoms with Crippen molar-refractivity contribution in [2.75, 3.05) is 17.2 Å². The van der Waals surface area contributed by atoms with Gasteiger partial charge < -0.3 is 15.5 Å². The average Bonchev–Trinajstić information content (AvgIpc) is 2.67. The molecule has 0 spiro atoms. The molecular weight excluding hydrogens is 338 g/mol. The summed E-state index contributed by atoms with van der Waals surface area (Å²) in [7, 11) is 0. The Balaban J connectivity index is 1.52. The Morgan fingerprint density at radius 2 is 1.59 bits per heavy atom. The molecule has 1 aliphatic rings. The molecule has 3 amide bonds. The van der Waals surface area contributed by atoms with Gasteiger partial charge in [-0.05, 0) is 54.2 Å². The van der Waals surface area contributed by atoms with Crippen LogP contribution in [0.25, 0.3) is 0 Å². The fourth-order valence-corrected chi connectivity index (χ4v) is 3.15. The van der Waals surface area contributed by atoms with Crippen LogP contribution in [0.15, 0.2) is 48.5 Å². The molecule has 0 bridgehead atoms. The quantitative estimate of drug-likeness (QED) is 0.810. The number of urea groups is 1. The number of hydrogen-bond donors (Lipinski definition) is 2. The first-order valence-corrected chi connectivity index (χ1v) is 9.54. The van der Waals surface area contributed by atoms with Gasteiger partial charge in [-0.25, -0.2) is 4.79 Å². The van der Waals surface area contributed by atoms with Gasteiger partial charge in [0.05, 0.1) is 0 Å². The van der Waals surface area contributed by atoms with Crippen LogP contribution in [0, 0.1) is 5.92 Å². The van der Waals surface area contributed by atoms with Gasteiger partial charge in [0.15, 0.2) is 0 Å². The molecule has 0 atom stereocenters. The molecule has 1 aliphatic heterocycles. The Morgan fingerprint density at radius 3 is 2.26 bits per heavy atom. The molecule has 0 fully saturated rings. The highest BCUT2D eigenvalue weighted by Crippen LogP contribution is 2.20. The van der Waals surface area contributed by atoms with Crippen LogP contribution in [0.4, 0.5) is 16.2 Å². The van der Waals surface area contributed by atoms with E-state index < -0.39 is 0 Å². The molecule has 0 aliphatic carbocycles. The molecule has 5 heteroatoms. The van der Waals surface area contributed by atoms with Gasteiger partial charge in [0, 0.05) is 30.9 Å². The third-order valence-electron chi connectivity index (χ3n) is 4.79. The molecule has 2 aromatic carbocycles. The Labute approximate surface area is 160 Å². The second-order valence-electron chi connectivity index (χ2n) is 7.43. The molecule has 3 rings (SSSR count).